The van der Waals surface area contributed by atoms with Crippen LogP contribution in [0, 0.1) is 6.92 Å². The Morgan fingerprint density at radius 2 is 1.94 bits per heavy atom. The number of carbonyl (C=O) groups is 1. The lowest BCUT2D eigenvalue weighted by Gasteiger charge is -2.26. The number of alkyl halides is 3. The third kappa shape index (κ3) is 6.82. The number of aromatic nitrogens is 1. The second-order valence-electron chi connectivity index (χ2n) is 6.83. The molecule has 5 nitrogen and oxygen atoms in total. The molecule has 2 rings (SSSR count). The van der Waals surface area contributed by atoms with E-state index in [-0.39, 0.29) is 13.0 Å². The summed E-state index contributed by atoms with van der Waals surface area (Å²) in [5, 5.41) is 10.5. The van der Waals surface area contributed by atoms with Crippen molar-refractivity contribution < 1.29 is 23.1 Å². The van der Waals surface area contributed by atoms with Gasteiger partial charge in [-0.25, -0.2) is 0 Å². The predicted molar refractivity (Wildman–Crippen MR) is 114 cm³/mol. The highest BCUT2D eigenvalue weighted by Gasteiger charge is 2.30. The summed E-state index contributed by atoms with van der Waals surface area (Å²) in [5.41, 5.74) is 6.12. The van der Waals surface area contributed by atoms with Crippen molar-refractivity contribution in [1.29, 1.82) is 0 Å². The fraction of sp³-hybridized carbons (Fsp3) is 0.217. The van der Waals surface area contributed by atoms with Crippen molar-refractivity contribution in [3.8, 4) is 0 Å². The van der Waals surface area contributed by atoms with Crippen molar-refractivity contribution in [3.63, 3.8) is 0 Å². The highest BCUT2D eigenvalue weighted by atomic mass is 19.4. The molecule has 1 amide bonds. The Hall–Kier alpha value is -3.39. The number of nitrogens with zero attached hydrogens (tertiary/aromatic N) is 2. The van der Waals surface area contributed by atoms with E-state index in [2.05, 4.69) is 11.6 Å². The first-order valence-electron chi connectivity index (χ1n) is 9.45. The van der Waals surface area contributed by atoms with Crippen molar-refractivity contribution in [1.82, 2.24) is 4.98 Å². The Morgan fingerprint density at radius 3 is 2.48 bits per heavy atom. The molecular weight excluding hydrogens is 407 g/mol. The summed E-state index contributed by atoms with van der Waals surface area (Å²) in [4.78, 5) is 18.3. The topological polar surface area (TPSA) is 79.5 Å². The van der Waals surface area contributed by atoms with Gasteiger partial charge in [0, 0.05) is 30.2 Å². The Balaban J connectivity index is 2.28. The molecule has 0 saturated carbocycles. The van der Waals surface area contributed by atoms with Crippen LogP contribution in [0.5, 0.6) is 0 Å². The number of amides is 1. The van der Waals surface area contributed by atoms with E-state index >= 15 is 0 Å². The number of aryl methyl sites for hydroxylation is 1. The maximum atomic E-state index is 13.0. The zero-order chi connectivity index (χ0) is 23.0. The maximum absolute atomic E-state index is 13.0. The average Bonchev–Trinajstić information content (AvgIpc) is 2.76. The van der Waals surface area contributed by atoms with Crippen LogP contribution in [0.3, 0.4) is 0 Å². The van der Waals surface area contributed by atoms with Crippen LogP contribution in [0.2, 0.25) is 0 Å². The van der Waals surface area contributed by atoms with Crippen molar-refractivity contribution in [2.75, 3.05) is 11.4 Å². The van der Waals surface area contributed by atoms with Crippen LogP contribution in [0.4, 0.5) is 18.9 Å². The van der Waals surface area contributed by atoms with Crippen molar-refractivity contribution in [2.24, 2.45) is 5.73 Å². The highest BCUT2D eigenvalue weighted by molar-refractivity contribution is 5.97. The van der Waals surface area contributed by atoms with Crippen molar-refractivity contribution in [3.05, 3.63) is 96.0 Å². The first kappa shape index (κ1) is 23.9. The average molecular weight is 431 g/mol. The van der Waals surface area contributed by atoms with Crippen LogP contribution >= 0.6 is 0 Å². The van der Waals surface area contributed by atoms with Gasteiger partial charge in [-0.15, -0.1) is 0 Å². The number of carbonyl (C=O) groups excluding carboxylic acids is 1. The predicted octanol–water partition coefficient (Wildman–Crippen LogP) is 4.36. The molecule has 1 aromatic carbocycles. The number of pyridine rings is 1. The van der Waals surface area contributed by atoms with E-state index in [4.69, 9.17) is 5.73 Å². The molecule has 0 radical (unpaired) electrons. The zero-order valence-electron chi connectivity index (χ0n) is 17.0. The first-order valence-corrected chi connectivity index (χ1v) is 9.45. The van der Waals surface area contributed by atoms with Crippen LogP contribution in [0.15, 0.2) is 84.9 Å². The van der Waals surface area contributed by atoms with Gasteiger partial charge in [0.05, 0.1) is 0 Å². The third-order valence-corrected chi connectivity index (χ3v) is 4.54. The minimum absolute atomic E-state index is 0.108. The molecular formula is C23H24F3N3O2. The molecule has 0 bridgehead atoms. The largest absolute Gasteiger partial charge is 0.430 e. The summed E-state index contributed by atoms with van der Waals surface area (Å²) >= 11 is 0. The van der Waals surface area contributed by atoms with Gasteiger partial charge < -0.3 is 15.7 Å². The van der Waals surface area contributed by atoms with E-state index in [1.165, 1.54) is 29.4 Å². The molecule has 0 aliphatic rings. The standard InChI is InChI=1S/C23H24F3N3O2/c1-3-17(8-11-20(27)23(24,25)26)12-14-29(19-9-6-16(2)7-10-19)22(31)21(30)18-5-4-13-28-15-18/h3-11,13,15,21,30H,1,12,14,27H2,2H3/b17-8+,20-11-/t21-/m0/s1. The number of halogens is 3. The van der Waals surface area contributed by atoms with E-state index < -0.39 is 23.9 Å². The van der Waals surface area contributed by atoms with Gasteiger partial charge in [-0.05, 0) is 43.2 Å². The van der Waals surface area contributed by atoms with Gasteiger partial charge in [0.2, 0.25) is 0 Å². The van der Waals surface area contributed by atoms with Gasteiger partial charge >= 0.3 is 6.18 Å². The molecule has 1 aromatic heterocycles. The molecule has 2 aromatic rings. The molecule has 31 heavy (non-hydrogen) atoms. The quantitative estimate of drug-likeness (QED) is 0.609. The summed E-state index contributed by atoms with van der Waals surface area (Å²) in [6.45, 7) is 5.62. The van der Waals surface area contributed by atoms with Crippen LogP contribution < -0.4 is 10.6 Å². The lowest BCUT2D eigenvalue weighted by molar-refractivity contribution is -0.126. The van der Waals surface area contributed by atoms with E-state index in [1.807, 2.05) is 19.1 Å². The van der Waals surface area contributed by atoms with Gasteiger partial charge in [0.1, 0.15) is 5.70 Å². The third-order valence-electron chi connectivity index (χ3n) is 4.54. The SMILES string of the molecule is C=C/C(=C\C=C(/N)C(F)(F)F)CCN(C(=O)[C@@H](O)c1cccnc1)c1ccc(C)cc1. The van der Waals surface area contributed by atoms with Gasteiger partial charge in [-0.2, -0.15) is 13.2 Å². The second kappa shape index (κ2) is 10.6. The number of nitrogens with two attached hydrogens (primary N) is 1. The van der Waals surface area contributed by atoms with Gasteiger partial charge in [-0.3, -0.25) is 9.78 Å². The number of rotatable bonds is 8. The second-order valence-corrected chi connectivity index (χ2v) is 6.83. The van der Waals surface area contributed by atoms with Gasteiger partial charge in [0.25, 0.3) is 5.91 Å². The van der Waals surface area contributed by atoms with Crippen LogP contribution in [-0.2, 0) is 4.79 Å². The minimum atomic E-state index is -4.62. The van der Waals surface area contributed by atoms with Crippen molar-refractivity contribution >= 4 is 11.6 Å². The molecule has 0 saturated heterocycles. The monoisotopic (exact) mass is 431 g/mol. The number of aliphatic hydroxyl groups excluding tert-OH is 1. The zero-order valence-corrected chi connectivity index (χ0v) is 17.0. The molecule has 8 heteroatoms. The Labute approximate surface area is 179 Å². The Kier molecular flexibility index (Phi) is 8.15. The lowest BCUT2D eigenvalue weighted by Crippen LogP contribution is -2.36. The van der Waals surface area contributed by atoms with Crippen molar-refractivity contribution in [2.45, 2.75) is 25.6 Å². The minimum Gasteiger partial charge on any atom is -0.395 e. The molecule has 0 spiro atoms. The molecule has 0 aliphatic carbocycles. The number of hydrogen-bond acceptors (Lipinski definition) is 4. The maximum Gasteiger partial charge on any atom is 0.430 e. The number of aliphatic hydroxyl groups is 1. The number of anilines is 1. The number of hydrogen-bond donors (Lipinski definition) is 2. The molecule has 0 unspecified atom stereocenters. The van der Waals surface area contributed by atoms with E-state index in [1.54, 1.807) is 24.3 Å². The normalized spacial score (nSPS) is 13.6. The summed E-state index contributed by atoms with van der Waals surface area (Å²) in [6.07, 6.45) is 0.438. The lowest BCUT2D eigenvalue weighted by atomic mass is 10.1. The molecule has 0 fully saturated rings. The molecule has 3 N–H and O–H groups in total. The van der Waals surface area contributed by atoms with E-state index in [0.717, 1.165) is 11.6 Å². The molecule has 1 heterocycles. The van der Waals surface area contributed by atoms with E-state index in [9.17, 15) is 23.1 Å². The fourth-order valence-electron chi connectivity index (χ4n) is 2.70. The van der Waals surface area contributed by atoms with Crippen LogP contribution in [0.1, 0.15) is 23.7 Å². The summed E-state index contributed by atoms with van der Waals surface area (Å²) in [6, 6.07) is 10.3. The van der Waals surface area contributed by atoms with Crippen LogP contribution in [0.25, 0.3) is 0 Å². The Bertz CT molecular complexity index is 952. The van der Waals surface area contributed by atoms with Gasteiger partial charge in [0.15, 0.2) is 6.10 Å². The highest BCUT2D eigenvalue weighted by Crippen LogP contribution is 2.24. The molecule has 0 aliphatic heterocycles. The summed E-state index contributed by atoms with van der Waals surface area (Å²) in [7, 11) is 0. The summed E-state index contributed by atoms with van der Waals surface area (Å²) < 4.78 is 37.8. The van der Waals surface area contributed by atoms with E-state index in [0.29, 0.717) is 16.8 Å². The molecule has 164 valence electrons. The summed E-state index contributed by atoms with van der Waals surface area (Å²) in [5.74, 6) is -0.578. The fourth-order valence-corrected chi connectivity index (χ4v) is 2.70. The molecule has 1 atom stereocenters. The first-order chi connectivity index (χ1) is 14.6. The number of benzene rings is 1. The number of allylic oxidation sites excluding steroid dienone is 4. The van der Waals surface area contributed by atoms with Crippen LogP contribution in [-0.4, -0.2) is 28.7 Å². The Morgan fingerprint density at radius 1 is 1.26 bits per heavy atom. The smallest absolute Gasteiger partial charge is 0.395 e. The van der Waals surface area contributed by atoms with Gasteiger partial charge in [-0.1, -0.05) is 42.5 Å².